The summed E-state index contributed by atoms with van der Waals surface area (Å²) in [6.07, 6.45) is 48.1. The van der Waals surface area contributed by atoms with Gasteiger partial charge in [0.1, 0.15) is 13.2 Å². The van der Waals surface area contributed by atoms with E-state index in [4.69, 9.17) is 28.4 Å². The summed E-state index contributed by atoms with van der Waals surface area (Å²) in [5.41, 5.74) is 5.06. The summed E-state index contributed by atoms with van der Waals surface area (Å²) in [6, 6.07) is 20.5. The minimum atomic E-state index is -0.345. The standard InChI is InChI=1S/C84H132O8/c1-11-15-19-23-27-31-35-39-43-47-59-87-73-63-71-75(81(91-65-67-51-55-69(56-52-67)83(5,6)7)79(73)89-61-49-45-41-37-33-29-25-21-17-13-3)78(86)72-64-74(88-60-48-44-40-36-32-28-24-20-16-12-2)80(90-62-50-46-42-38-34-30-26-22-18-14-4)82(76(72)77(71)85)92-66-68-53-57-70(58-54-68)84(8,9)10/h51-58,63-64H,11-50,59-62,65-66H2,1-10H3. The normalized spacial score (nSPS) is 12.3. The first-order chi connectivity index (χ1) is 44.7. The fourth-order valence-corrected chi connectivity index (χ4v) is 12.7. The molecule has 0 unspecified atom stereocenters. The summed E-state index contributed by atoms with van der Waals surface area (Å²) >= 11 is 0. The summed E-state index contributed by atoms with van der Waals surface area (Å²) in [5.74, 6) is 1.40. The highest BCUT2D eigenvalue weighted by atomic mass is 16.5. The van der Waals surface area contributed by atoms with Crippen molar-refractivity contribution in [2.24, 2.45) is 0 Å². The fraction of sp³-hybridized carbons (Fsp3) is 0.690. The van der Waals surface area contributed by atoms with Gasteiger partial charge in [-0.15, -0.1) is 0 Å². The Hall–Kier alpha value is -4.98. The van der Waals surface area contributed by atoms with Crippen molar-refractivity contribution in [2.75, 3.05) is 26.4 Å². The molecule has 5 rings (SSSR count). The van der Waals surface area contributed by atoms with Crippen molar-refractivity contribution in [2.45, 2.75) is 350 Å². The maximum Gasteiger partial charge on any atom is 0.204 e. The molecule has 0 N–H and O–H groups in total. The van der Waals surface area contributed by atoms with Crippen LogP contribution in [0.1, 0.15) is 380 Å². The number of ether oxygens (including phenoxy) is 6. The van der Waals surface area contributed by atoms with Crippen LogP contribution >= 0.6 is 0 Å². The first-order valence-corrected chi connectivity index (χ1v) is 38.2. The number of hydrogen-bond donors (Lipinski definition) is 0. The predicted molar refractivity (Wildman–Crippen MR) is 388 cm³/mol. The highest BCUT2D eigenvalue weighted by molar-refractivity contribution is 6.31. The Balaban J connectivity index is 1.58. The summed E-state index contributed by atoms with van der Waals surface area (Å²) in [7, 11) is 0. The molecule has 516 valence electrons. The van der Waals surface area contributed by atoms with Gasteiger partial charge in [-0.3, -0.25) is 9.59 Å². The molecule has 4 aromatic carbocycles. The van der Waals surface area contributed by atoms with Crippen LogP contribution in [0.15, 0.2) is 60.7 Å². The van der Waals surface area contributed by atoms with Gasteiger partial charge in [-0.1, -0.05) is 349 Å². The van der Waals surface area contributed by atoms with E-state index in [0.717, 1.165) is 88.2 Å². The quantitative estimate of drug-likeness (QED) is 0.0356. The van der Waals surface area contributed by atoms with Gasteiger partial charge in [0.25, 0.3) is 0 Å². The lowest BCUT2D eigenvalue weighted by Gasteiger charge is -2.28. The first kappa shape index (κ1) is 77.7. The molecule has 0 saturated carbocycles. The average Bonchev–Trinajstić information content (AvgIpc) is 0.726. The number of rotatable bonds is 54. The summed E-state index contributed by atoms with van der Waals surface area (Å²) in [6.45, 7) is 24.4. The zero-order chi connectivity index (χ0) is 66.1. The summed E-state index contributed by atoms with van der Waals surface area (Å²) < 4.78 is 41.5. The minimum absolute atomic E-state index is 0.0265. The fourth-order valence-electron chi connectivity index (χ4n) is 12.7. The third kappa shape index (κ3) is 28.5. The van der Waals surface area contributed by atoms with Crippen LogP contribution in [0.4, 0.5) is 0 Å². The summed E-state index contributed by atoms with van der Waals surface area (Å²) in [4.78, 5) is 32.2. The Morgan fingerprint density at radius 3 is 0.739 bits per heavy atom. The Kier molecular flexibility index (Phi) is 38.4. The Labute approximate surface area is 562 Å². The SMILES string of the molecule is CCCCCCCCCCCCOc1cc2c(c(OCc3ccc(C(C)(C)C)cc3)c1OCCCCCCCCCCCC)C(=O)c1cc(OCCCCCCCCCCCC)c(OCCCCCCCCCCCC)c(OCc3ccc(C(C)(C)C)cc3)c1C2=O. The van der Waals surface area contributed by atoms with Crippen molar-refractivity contribution < 1.29 is 38.0 Å². The zero-order valence-corrected chi connectivity index (χ0v) is 60.6. The van der Waals surface area contributed by atoms with Gasteiger partial charge in [0.2, 0.25) is 11.5 Å². The van der Waals surface area contributed by atoms with Gasteiger partial charge in [-0.25, -0.2) is 0 Å². The van der Waals surface area contributed by atoms with E-state index in [1.165, 1.54) is 191 Å². The first-order valence-electron chi connectivity index (χ1n) is 38.2. The van der Waals surface area contributed by atoms with Crippen molar-refractivity contribution in [3.05, 3.63) is 105 Å². The van der Waals surface area contributed by atoms with Crippen molar-refractivity contribution in [3.63, 3.8) is 0 Å². The molecule has 0 aliphatic heterocycles. The molecule has 0 saturated heterocycles. The molecule has 0 radical (unpaired) electrons. The van der Waals surface area contributed by atoms with E-state index in [-0.39, 0.29) is 69.4 Å². The van der Waals surface area contributed by atoms with E-state index in [2.05, 4.69) is 118 Å². The topological polar surface area (TPSA) is 89.5 Å². The van der Waals surface area contributed by atoms with Gasteiger partial charge >= 0.3 is 0 Å². The molecule has 4 aromatic rings. The molecular weight excluding hydrogens is 1140 g/mol. The molecule has 0 heterocycles. The maximum atomic E-state index is 16.1. The van der Waals surface area contributed by atoms with Gasteiger partial charge in [-0.05, 0) is 70.9 Å². The summed E-state index contributed by atoms with van der Waals surface area (Å²) in [5, 5.41) is 0. The van der Waals surface area contributed by atoms with Gasteiger partial charge < -0.3 is 28.4 Å². The van der Waals surface area contributed by atoms with Gasteiger partial charge in [0, 0.05) is 11.1 Å². The van der Waals surface area contributed by atoms with Crippen LogP contribution in [0, 0.1) is 0 Å². The van der Waals surface area contributed by atoms with E-state index in [9.17, 15) is 0 Å². The second-order valence-corrected chi connectivity index (χ2v) is 29.2. The Morgan fingerprint density at radius 1 is 0.272 bits per heavy atom. The average molecular weight is 1270 g/mol. The number of ketones is 2. The number of carbonyl (C=O) groups excluding carboxylic acids is 2. The highest BCUT2D eigenvalue weighted by Crippen LogP contribution is 2.52. The number of carbonyl (C=O) groups is 2. The van der Waals surface area contributed by atoms with Gasteiger partial charge in [0.15, 0.2) is 34.6 Å². The number of fused-ring (bicyclic) bond motifs is 2. The van der Waals surface area contributed by atoms with Gasteiger partial charge in [0.05, 0.1) is 37.6 Å². The van der Waals surface area contributed by atoms with Crippen LogP contribution in [0.25, 0.3) is 0 Å². The molecule has 0 atom stereocenters. The molecule has 0 aromatic heterocycles. The molecule has 1 aliphatic rings. The van der Waals surface area contributed by atoms with Crippen molar-refractivity contribution >= 4 is 11.6 Å². The van der Waals surface area contributed by atoms with E-state index in [1.54, 1.807) is 12.1 Å². The highest BCUT2D eigenvalue weighted by Gasteiger charge is 2.41. The number of unbranched alkanes of at least 4 members (excludes halogenated alkanes) is 36. The smallest absolute Gasteiger partial charge is 0.204 e. The molecule has 0 spiro atoms. The third-order valence-corrected chi connectivity index (χ3v) is 18.8. The molecule has 1 aliphatic carbocycles. The van der Waals surface area contributed by atoms with Crippen LogP contribution in [-0.4, -0.2) is 38.0 Å². The monoisotopic (exact) mass is 1270 g/mol. The molecule has 92 heavy (non-hydrogen) atoms. The van der Waals surface area contributed by atoms with E-state index in [1.807, 2.05) is 0 Å². The third-order valence-electron chi connectivity index (χ3n) is 18.8. The van der Waals surface area contributed by atoms with Crippen molar-refractivity contribution in [1.82, 2.24) is 0 Å². The number of benzene rings is 4. The lowest BCUT2D eigenvalue weighted by Crippen LogP contribution is -2.25. The van der Waals surface area contributed by atoms with Crippen molar-refractivity contribution in [3.8, 4) is 34.5 Å². The Morgan fingerprint density at radius 2 is 0.500 bits per heavy atom. The van der Waals surface area contributed by atoms with Crippen LogP contribution in [0.5, 0.6) is 34.5 Å². The van der Waals surface area contributed by atoms with E-state index >= 15 is 9.59 Å². The van der Waals surface area contributed by atoms with Crippen LogP contribution in [0.2, 0.25) is 0 Å². The Bertz CT molecular complexity index is 2440. The number of hydrogen-bond acceptors (Lipinski definition) is 8. The van der Waals surface area contributed by atoms with E-state index < -0.39 is 0 Å². The molecule has 0 amide bonds. The molecule has 8 nitrogen and oxygen atoms in total. The van der Waals surface area contributed by atoms with Gasteiger partial charge in [-0.2, -0.15) is 0 Å². The lowest BCUT2D eigenvalue weighted by molar-refractivity contribution is 0.0967. The second-order valence-electron chi connectivity index (χ2n) is 29.2. The van der Waals surface area contributed by atoms with Crippen LogP contribution in [0.3, 0.4) is 0 Å². The second kappa shape index (κ2) is 45.4. The van der Waals surface area contributed by atoms with Crippen molar-refractivity contribution in [1.29, 1.82) is 0 Å². The molecule has 0 bridgehead atoms. The zero-order valence-electron chi connectivity index (χ0n) is 60.6. The molecular formula is C84H132O8. The minimum Gasteiger partial charge on any atom is -0.490 e. The molecule has 0 fully saturated rings. The maximum absolute atomic E-state index is 16.1. The van der Waals surface area contributed by atoms with Crippen LogP contribution in [-0.2, 0) is 24.0 Å². The van der Waals surface area contributed by atoms with E-state index in [0.29, 0.717) is 49.4 Å². The largest absolute Gasteiger partial charge is 0.490 e. The predicted octanol–water partition coefficient (Wildman–Crippen LogP) is 25.4. The van der Waals surface area contributed by atoms with Crippen LogP contribution < -0.4 is 28.4 Å². The lowest BCUT2D eigenvalue weighted by atomic mass is 9.82. The molecule has 8 heteroatoms.